The SMILES string of the molecule is N#CCC(c1cccc(-c2cccnc2)c1)n1cc(-c2ncnc3[nH]ccc23)cn1. The zero-order valence-electron chi connectivity index (χ0n) is 16.0. The van der Waals surface area contributed by atoms with Gasteiger partial charge in [-0.1, -0.05) is 24.3 Å². The van der Waals surface area contributed by atoms with Crippen molar-refractivity contribution in [2.45, 2.75) is 12.5 Å². The third kappa shape index (κ3) is 3.20. The van der Waals surface area contributed by atoms with Gasteiger partial charge in [-0.05, 0) is 34.9 Å². The van der Waals surface area contributed by atoms with E-state index in [0.717, 1.165) is 39.0 Å². The third-order valence-corrected chi connectivity index (χ3v) is 5.10. The Morgan fingerprint density at radius 1 is 1.03 bits per heavy atom. The first kappa shape index (κ1) is 17.8. The van der Waals surface area contributed by atoms with Crippen LogP contribution in [-0.2, 0) is 0 Å². The fourth-order valence-corrected chi connectivity index (χ4v) is 3.64. The van der Waals surface area contributed by atoms with Crippen LogP contribution in [0.4, 0.5) is 0 Å². The summed E-state index contributed by atoms with van der Waals surface area (Å²) in [6.45, 7) is 0. The highest BCUT2D eigenvalue weighted by molar-refractivity contribution is 5.90. The average Bonchev–Trinajstić information content (AvgIpc) is 3.48. The Labute approximate surface area is 172 Å². The van der Waals surface area contributed by atoms with Gasteiger partial charge in [0.2, 0.25) is 0 Å². The summed E-state index contributed by atoms with van der Waals surface area (Å²) >= 11 is 0. The zero-order chi connectivity index (χ0) is 20.3. The van der Waals surface area contributed by atoms with E-state index in [2.05, 4.69) is 37.2 Å². The number of rotatable bonds is 5. The molecule has 7 nitrogen and oxygen atoms in total. The highest BCUT2D eigenvalue weighted by atomic mass is 15.3. The number of nitriles is 1. The fraction of sp³-hybridized carbons (Fsp3) is 0.0870. The molecule has 0 radical (unpaired) electrons. The van der Waals surface area contributed by atoms with Crippen LogP contribution in [0.15, 0.2) is 79.8 Å². The Morgan fingerprint density at radius 2 is 1.97 bits per heavy atom. The molecule has 0 amide bonds. The summed E-state index contributed by atoms with van der Waals surface area (Å²) in [5.74, 6) is 0. The fourth-order valence-electron chi connectivity index (χ4n) is 3.64. The summed E-state index contributed by atoms with van der Waals surface area (Å²) < 4.78 is 1.83. The second kappa shape index (κ2) is 7.60. The first-order chi connectivity index (χ1) is 14.8. The monoisotopic (exact) mass is 391 g/mol. The summed E-state index contributed by atoms with van der Waals surface area (Å²) in [7, 11) is 0. The highest BCUT2D eigenvalue weighted by Crippen LogP contribution is 2.29. The van der Waals surface area contributed by atoms with Gasteiger partial charge in [-0.2, -0.15) is 10.4 Å². The molecule has 1 aromatic carbocycles. The lowest BCUT2D eigenvalue weighted by atomic mass is 9.99. The molecule has 0 aliphatic carbocycles. The summed E-state index contributed by atoms with van der Waals surface area (Å²) in [4.78, 5) is 16.0. The number of fused-ring (bicyclic) bond motifs is 1. The Morgan fingerprint density at radius 3 is 2.83 bits per heavy atom. The molecule has 0 saturated carbocycles. The van der Waals surface area contributed by atoms with Gasteiger partial charge in [0, 0.05) is 35.7 Å². The number of H-pyrrole nitrogens is 1. The van der Waals surface area contributed by atoms with Crippen molar-refractivity contribution in [2.75, 3.05) is 0 Å². The molecule has 1 atom stereocenters. The van der Waals surface area contributed by atoms with Gasteiger partial charge >= 0.3 is 0 Å². The molecular weight excluding hydrogens is 374 g/mol. The molecule has 5 aromatic rings. The lowest BCUT2D eigenvalue weighted by molar-refractivity contribution is 0.532. The van der Waals surface area contributed by atoms with Gasteiger partial charge in [-0.15, -0.1) is 0 Å². The van der Waals surface area contributed by atoms with Gasteiger partial charge in [0.15, 0.2) is 0 Å². The van der Waals surface area contributed by atoms with E-state index < -0.39 is 0 Å². The van der Waals surface area contributed by atoms with E-state index in [1.54, 1.807) is 12.4 Å². The molecule has 0 fully saturated rings. The summed E-state index contributed by atoms with van der Waals surface area (Å²) in [6, 6.07) is 16.1. The molecule has 4 heterocycles. The smallest absolute Gasteiger partial charge is 0.141 e. The number of benzene rings is 1. The maximum atomic E-state index is 9.46. The predicted octanol–water partition coefficient (Wildman–Crippen LogP) is 4.39. The standard InChI is InChI=1S/C23H17N7/c24-8-6-21(17-4-1-3-16(11-17)18-5-2-9-25-12-18)30-14-19(13-29-30)22-20-7-10-26-23(20)28-15-27-22/h1-5,7,9-15,21H,6H2,(H,26,27,28). The predicted molar refractivity (Wildman–Crippen MR) is 113 cm³/mol. The van der Waals surface area contributed by atoms with Gasteiger partial charge in [0.1, 0.15) is 12.0 Å². The van der Waals surface area contributed by atoms with Crippen molar-refractivity contribution in [3.8, 4) is 28.5 Å². The van der Waals surface area contributed by atoms with Crippen LogP contribution in [0.2, 0.25) is 0 Å². The summed E-state index contributed by atoms with van der Waals surface area (Å²) in [5.41, 5.74) is 5.58. The number of aromatic amines is 1. The molecule has 4 aromatic heterocycles. The average molecular weight is 391 g/mol. The van der Waals surface area contributed by atoms with Crippen molar-refractivity contribution in [3.63, 3.8) is 0 Å². The van der Waals surface area contributed by atoms with E-state index in [1.807, 2.05) is 59.7 Å². The number of hydrogen-bond donors (Lipinski definition) is 1. The Hall–Kier alpha value is -4.31. The van der Waals surface area contributed by atoms with E-state index in [9.17, 15) is 5.26 Å². The van der Waals surface area contributed by atoms with Gasteiger partial charge in [0.25, 0.3) is 0 Å². The molecular formula is C23H17N7. The maximum absolute atomic E-state index is 9.46. The molecule has 1 unspecified atom stereocenters. The van der Waals surface area contributed by atoms with Crippen molar-refractivity contribution >= 4 is 11.0 Å². The van der Waals surface area contributed by atoms with E-state index in [-0.39, 0.29) is 6.04 Å². The van der Waals surface area contributed by atoms with Crippen LogP contribution in [-0.4, -0.2) is 29.7 Å². The molecule has 0 saturated heterocycles. The first-order valence-corrected chi connectivity index (χ1v) is 9.53. The van der Waals surface area contributed by atoms with Crippen LogP contribution in [0, 0.1) is 11.3 Å². The van der Waals surface area contributed by atoms with Crippen LogP contribution in [0.25, 0.3) is 33.4 Å². The minimum atomic E-state index is -0.205. The van der Waals surface area contributed by atoms with Gasteiger partial charge in [0.05, 0.1) is 30.4 Å². The van der Waals surface area contributed by atoms with Crippen LogP contribution in [0.1, 0.15) is 18.0 Å². The van der Waals surface area contributed by atoms with Gasteiger partial charge in [-0.25, -0.2) is 9.97 Å². The van der Waals surface area contributed by atoms with Crippen LogP contribution in [0.5, 0.6) is 0 Å². The third-order valence-electron chi connectivity index (χ3n) is 5.10. The number of nitrogens with one attached hydrogen (secondary N) is 1. The molecule has 1 N–H and O–H groups in total. The second-order valence-corrected chi connectivity index (χ2v) is 6.92. The van der Waals surface area contributed by atoms with E-state index in [4.69, 9.17) is 0 Å². The number of nitrogens with zero attached hydrogens (tertiary/aromatic N) is 6. The van der Waals surface area contributed by atoms with Gasteiger partial charge in [-0.3, -0.25) is 9.67 Å². The number of hydrogen-bond acceptors (Lipinski definition) is 5. The Kier molecular flexibility index (Phi) is 4.50. The number of aromatic nitrogens is 6. The molecule has 30 heavy (non-hydrogen) atoms. The van der Waals surface area contributed by atoms with Gasteiger partial charge < -0.3 is 4.98 Å². The Bertz CT molecular complexity index is 1340. The largest absolute Gasteiger partial charge is 0.346 e. The summed E-state index contributed by atoms with van der Waals surface area (Å²) in [6.07, 6.45) is 11.0. The topological polar surface area (TPSA) is 96.1 Å². The van der Waals surface area contributed by atoms with Crippen molar-refractivity contribution in [1.29, 1.82) is 5.26 Å². The molecule has 144 valence electrons. The van der Waals surface area contributed by atoms with Crippen molar-refractivity contribution in [3.05, 3.63) is 85.3 Å². The number of pyridine rings is 1. The summed E-state index contributed by atoms with van der Waals surface area (Å²) in [5, 5.41) is 15.0. The minimum Gasteiger partial charge on any atom is -0.346 e. The lowest BCUT2D eigenvalue weighted by Gasteiger charge is -2.16. The molecule has 5 rings (SSSR count). The maximum Gasteiger partial charge on any atom is 0.141 e. The van der Waals surface area contributed by atoms with Crippen molar-refractivity contribution in [2.24, 2.45) is 0 Å². The molecule has 0 aliphatic heterocycles. The first-order valence-electron chi connectivity index (χ1n) is 9.53. The lowest BCUT2D eigenvalue weighted by Crippen LogP contribution is -2.10. The van der Waals surface area contributed by atoms with Crippen molar-refractivity contribution in [1.82, 2.24) is 29.7 Å². The molecule has 7 heteroatoms. The van der Waals surface area contributed by atoms with Crippen molar-refractivity contribution < 1.29 is 0 Å². The normalized spacial score (nSPS) is 12.0. The quantitative estimate of drug-likeness (QED) is 0.479. The van der Waals surface area contributed by atoms with Crippen LogP contribution in [0.3, 0.4) is 0 Å². The van der Waals surface area contributed by atoms with E-state index in [1.165, 1.54) is 6.33 Å². The molecule has 0 spiro atoms. The van der Waals surface area contributed by atoms with E-state index in [0.29, 0.717) is 6.42 Å². The second-order valence-electron chi connectivity index (χ2n) is 6.92. The van der Waals surface area contributed by atoms with Crippen LogP contribution < -0.4 is 0 Å². The highest BCUT2D eigenvalue weighted by Gasteiger charge is 2.17. The molecule has 0 aliphatic rings. The minimum absolute atomic E-state index is 0.205. The van der Waals surface area contributed by atoms with E-state index >= 15 is 0 Å². The molecule has 0 bridgehead atoms. The Balaban J connectivity index is 1.54. The zero-order valence-corrected chi connectivity index (χ0v) is 16.0. The van der Waals surface area contributed by atoms with Crippen LogP contribution >= 0.6 is 0 Å².